The first-order valence-corrected chi connectivity index (χ1v) is 4.38. The summed E-state index contributed by atoms with van der Waals surface area (Å²) in [5, 5.41) is 0. The number of likely N-dealkylation sites (tertiary alicyclic amines) is 1. The van der Waals surface area contributed by atoms with Gasteiger partial charge in [0.05, 0.1) is 6.10 Å². The highest BCUT2D eigenvalue weighted by Crippen LogP contribution is 2.15. The van der Waals surface area contributed by atoms with E-state index in [9.17, 15) is 8.78 Å². The zero-order chi connectivity index (χ0) is 8.97. The monoisotopic (exact) mass is 179 g/mol. The molecule has 0 aromatic heterocycles. The minimum absolute atomic E-state index is 0.265. The van der Waals surface area contributed by atoms with Gasteiger partial charge in [-0.15, -0.1) is 0 Å². The van der Waals surface area contributed by atoms with Gasteiger partial charge in [0, 0.05) is 6.54 Å². The van der Waals surface area contributed by atoms with Gasteiger partial charge in [0.1, 0.15) is 0 Å². The van der Waals surface area contributed by atoms with Crippen LogP contribution in [-0.2, 0) is 4.74 Å². The fraction of sp³-hybridized carbons (Fsp3) is 1.00. The molecule has 1 aliphatic heterocycles. The third-order valence-corrected chi connectivity index (χ3v) is 2.20. The van der Waals surface area contributed by atoms with Crippen molar-refractivity contribution in [1.82, 2.24) is 4.90 Å². The van der Waals surface area contributed by atoms with Gasteiger partial charge in [-0.1, -0.05) is 6.92 Å². The van der Waals surface area contributed by atoms with Crippen molar-refractivity contribution >= 4 is 0 Å². The molecule has 0 radical (unpaired) electrons. The number of likely N-dealkylation sites (N-methyl/N-ethyl adjacent to an activating group) is 1. The summed E-state index contributed by atoms with van der Waals surface area (Å²) >= 11 is 0. The molecule has 0 bridgehead atoms. The molecule has 0 aliphatic carbocycles. The van der Waals surface area contributed by atoms with Crippen molar-refractivity contribution in [3.8, 4) is 0 Å². The smallest absolute Gasteiger partial charge is 0.318 e. The molecule has 1 atom stereocenters. The maximum atomic E-state index is 11.8. The Balaban J connectivity index is 2.25. The number of rotatable bonds is 3. The van der Waals surface area contributed by atoms with Crippen LogP contribution in [0.4, 0.5) is 8.78 Å². The van der Waals surface area contributed by atoms with E-state index in [4.69, 9.17) is 0 Å². The topological polar surface area (TPSA) is 12.5 Å². The lowest BCUT2D eigenvalue weighted by Gasteiger charge is -2.31. The van der Waals surface area contributed by atoms with Crippen molar-refractivity contribution < 1.29 is 13.5 Å². The molecule has 0 aromatic carbocycles. The molecule has 12 heavy (non-hydrogen) atoms. The second kappa shape index (κ2) is 4.72. The van der Waals surface area contributed by atoms with Crippen LogP contribution in [-0.4, -0.2) is 37.2 Å². The third kappa shape index (κ3) is 3.03. The molecule has 72 valence electrons. The fourth-order valence-corrected chi connectivity index (χ4v) is 1.56. The van der Waals surface area contributed by atoms with Crippen molar-refractivity contribution in [1.29, 1.82) is 0 Å². The van der Waals surface area contributed by atoms with E-state index in [0.29, 0.717) is 6.54 Å². The quantitative estimate of drug-likeness (QED) is 0.654. The number of hydrogen-bond donors (Lipinski definition) is 0. The van der Waals surface area contributed by atoms with Gasteiger partial charge in [0.25, 0.3) is 0 Å². The molecule has 0 aromatic rings. The largest absolute Gasteiger partial charge is 0.345 e. The lowest BCUT2D eigenvalue weighted by molar-refractivity contribution is -0.174. The van der Waals surface area contributed by atoms with Crippen LogP contribution in [0.2, 0.25) is 0 Å². The minimum atomic E-state index is -2.62. The number of nitrogens with zero attached hydrogens (tertiary/aromatic N) is 1. The Hall–Kier alpha value is -0.220. The molecule has 0 spiro atoms. The van der Waals surface area contributed by atoms with Gasteiger partial charge in [-0.05, 0) is 25.9 Å². The van der Waals surface area contributed by atoms with E-state index >= 15 is 0 Å². The first kappa shape index (κ1) is 9.86. The highest BCUT2D eigenvalue weighted by molar-refractivity contribution is 4.71. The van der Waals surface area contributed by atoms with Gasteiger partial charge >= 0.3 is 6.61 Å². The summed E-state index contributed by atoms with van der Waals surface area (Å²) < 4.78 is 28.1. The fourth-order valence-electron chi connectivity index (χ4n) is 1.56. The molecule has 1 unspecified atom stereocenters. The highest BCUT2D eigenvalue weighted by Gasteiger charge is 2.21. The van der Waals surface area contributed by atoms with Crippen LogP contribution in [0.25, 0.3) is 0 Å². The average Bonchev–Trinajstić information content (AvgIpc) is 2.03. The van der Waals surface area contributed by atoms with Crippen molar-refractivity contribution in [3.05, 3.63) is 0 Å². The van der Waals surface area contributed by atoms with Gasteiger partial charge in [-0.25, -0.2) is 0 Å². The van der Waals surface area contributed by atoms with E-state index < -0.39 is 6.61 Å². The molecule has 1 aliphatic rings. The van der Waals surface area contributed by atoms with Gasteiger partial charge in [0.2, 0.25) is 0 Å². The van der Waals surface area contributed by atoms with E-state index in [1.54, 1.807) is 0 Å². The van der Waals surface area contributed by atoms with Crippen LogP contribution in [0.3, 0.4) is 0 Å². The van der Waals surface area contributed by atoms with Gasteiger partial charge < -0.3 is 9.64 Å². The van der Waals surface area contributed by atoms with Crippen LogP contribution in [0.1, 0.15) is 19.8 Å². The van der Waals surface area contributed by atoms with E-state index in [0.717, 1.165) is 25.9 Å². The maximum absolute atomic E-state index is 11.8. The standard InChI is InChI=1S/C8H15F2NO/c1-2-11-5-3-4-7(6-11)12-8(9)10/h7-8H,2-6H2,1H3. The van der Waals surface area contributed by atoms with Crippen LogP contribution in [0.15, 0.2) is 0 Å². The zero-order valence-corrected chi connectivity index (χ0v) is 7.30. The predicted octanol–water partition coefficient (Wildman–Crippen LogP) is 1.71. The summed E-state index contributed by atoms with van der Waals surface area (Å²) in [5.74, 6) is 0. The number of halogens is 2. The summed E-state index contributed by atoms with van der Waals surface area (Å²) in [6.45, 7) is 2.00. The molecule has 0 N–H and O–H groups in total. The van der Waals surface area contributed by atoms with Crippen LogP contribution in [0, 0.1) is 0 Å². The predicted molar refractivity (Wildman–Crippen MR) is 42.2 cm³/mol. The molecule has 2 nitrogen and oxygen atoms in total. The molecule has 1 rings (SSSR count). The van der Waals surface area contributed by atoms with Gasteiger partial charge in [-0.3, -0.25) is 0 Å². The minimum Gasteiger partial charge on any atom is -0.318 e. The second-order valence-electron chi connectivity index (χ2n) is 3.05. The average molecular weight is 179 g/mol. The van der Waals surface area contributed by atoms with Crippen LogP contribution < -0.4 is 0 Å². The molecule has 1 fully saturated rings. The summed E-state index contributed by atoms with van der Waals surface area (Å²) in [5.41, 5.74) is 0. The molecule has 1 heterocycles. The molecular formula is C8H15F2NO. The Morgan fingerprint density at radius 1 is 1.58 bits per heavy atom. The Labute approximate surface area is 71.5 Å². The van der Waals surface area contributed by atoms with Crippen LogP contribution >= 0.6 is 0 Å². The number of piperidine rings is 1. The van der Waals surface area contributed by atoms with Gasteiger partial charge in [-0.2, -0.15) is 8.78 Å². The lowest BCUT2D eigenvalue weighted by atomic mass is 10.1. The summed E-state index contributed by atoms with van der Waals surface area (Å²) in [7, 11) is 0. The highest BCUT2D eigenvalue weighted by atomic mass is 19.3. The van der Waals surface area contributed by atoms with Crippen LogP contribution in [0.5, 0.6) is 0 Å². The Bertz CT molecular complexity index is 132. The van der Waals surface area contributed by atoms with E-state index in [-0.39, 0.29) is 6.10 Å². The molecule has 0 amide bonds. The summed E-state index contributed by atoms with van der Waals surface area (Å²) in [4.78, 5) is 2.14. The van der Waals surface area contributed by atoms with E-state index in [1.165, 1.54) is 0 Å². The molecule has 4 heteroatoms. The number of hydrogen-bond acceptors (Lipinski definition) is 2. The summed E-state index contributed by atoms with van der Waals surface area (Å²) in [6, 6.07) is 0. The van der Waals surface area contributed by atoms with Crippen molar-refractivity contribution in [3.63, 3.8) is 0 Å². The zero-order valence-electron chi connectivity index (χ0n) is 7.30. The molecular weight excluding hydrogens is 164 g/mol. The van der Waals surface area contributed by atoms with E-state index in [2.05, 4.69) is 9.64 Å². The SMILES string of the molecule is CCN1CCCC(OC(F)F)C1. The van der Waals surface area contributed by atoms with Crippen molar-refractivity contribution in [2.45, 2.75) is 32.5 Å². The first-order chi connectivity index (χ1) is 5.72. The number of alkyl halides is 2. The Kier molecular flexibility index (Phi) is 3.88. The maximum Gasteiger partial charge on any atom is 0.345 e. The third-order valence-electron chi connectivity index (χ3n) is 2.20. The molecule has 1 saturated heterocycles. The van der Waals surface area contributed by atoms with Gasteiger partial charge in [0.15, 0.2) is 0 Å². The lowest BCUT2D eigenvalue weighted by Crippen LogP contribution is -2.40. The summed E-state index contributed by atoms with van der Waals surface area (Å²) in [6.07, 6.45) is 1.46. The number of ether oxygens (including phenoxy) is 1. The van der Waals surface area contributed by atoms with E-state index in [1.807, 2.05) is 6.92 Å². The van der Waals surface area contributed by atoms with Crippen molar-refractivity contribution in [2.75, 3.05) is 19.6 Å². The second-order valence-corrected chi connectivity index (χ2v) is 3.05. The molecule has 0 saturated carbocycles. The normalized spacial score (nSPS) is 26.5. The first-order valence-electron chi connectivity index (χ1n) is 4.38. The Morgan fingerprint density at radius 3 is 2.92 bits per heavy atom. The Morgan fingerprint density at radius 2 is 2.33 bits per heavy atom. The van der Waals surface area contributed by atoms with Crippen molar-refractivity contribution in [2.24, 2.45) is 0 Å².